The maximum atomic E-state index is 12.2. The fourth-order valence-electron chi connectivity index (χ4n) is 1.99. The summed E-state index contributed by atoms with van der Waals surface area (Å²) in [5, 5.41) is 0. The summed E-state index contributed by atoms with van der Waals surface area (Å²) in [6.07, 6.45) is 5.85. The highest BCUT2D eigenvalue weighted by Crippen LogP contribution is 2.42. The Hall–Kier alpha value is 0.0200. The molecule has 0 bridgehead atoms. The van der Waals surface area contributed by atoms with Gasteiger partial charge in [0.2, 0.25) is 6.03 Å². The molecule has 1 rings (SSSR count). The van der Waals surface area contributed by atoms with Crippen LogP contribution in [0.5, 0.6) is 0 Å². The van der Waals surface area contributed by atoms with Crippen molar-refractivity contribution in [3.8, 4) is 0 Å². The fourth-order valence-corrected chi connectivity index (χ4v) is 3.80. The molecule has 0 saturated heterocycles. The molecule has 0 heterocycles. The highest BCUT2D eigenvalue weighted by Gasteiger charge is 2.28. The molecule has 1 aliphatic rings. The van der Waals surface area contributed by atoms with Crippen molar-refractivity contribution in [2.24, 2.45) is 0 Å². The third-order valence-corrected chi connectivity index (χ3v) is 4.71. The van der Waals surface area contributed by atoms with E-state index in [0.717, 1.165) is 12.8 Å². The first-order valence-corrected chi connectivity index (χ1v) is 7.38. The van der Waals surface area contributed by atoms with Crippen molar-refractivity contribution in [1.82, 2.24) is 0 Å². The Balaban J connectivity index is 2.45. The van der Waals surface area contributed by atoms with Crippen molar-refractivity contribution >= 4 is 7.80 Å². The van der Waals surface area contributed by atoms with Crippen molar-refractivity contribution in [2.45, 2.75) is 57.6 Å². The zero-order valence-corrected chi connectivity index (χ0v) is 10.7. The van der Waals surface area contributed by atoms with Gasteiger partial charge in [0.05, 0.1) is 0 Å². The summed E-state index contributed by atoms with van der Waals surface area (Å²) < 4.78 is 23.0. The average Bonchev–Trinajstić information content (AvgIpc) is 2.29. The smallest absolute Gasteiger partial charge is 0.229 e. The van der Waals surface area contributed by atoms with Gasteiger partial charge in [0.1, 0.15) is 7.80 Å². The van der Waals surface area contributed by atoms with Crippen LogP contribution in [-0.4, -0.2) is 24.9 Å². The maximum absolute atomic E-state index is 12.2. The van der Waals surface area contributed by atoms with E-state index in [0.29, 0.717) is 18.9 Å². The second-order valence-corrected chi connectivity index (χ2v) is 5.74. The quantitative estimate of drug-likeness (QED) is 0.520. The molecule has 1 fully saturated rings. The molecule has 0 spiro atoms. The van der Waals surface area contributed by atoms with Crippen molar-refractivity contribution in [1.29, 1.82) is 0 Å². The SMILES string of the molecule is CCOC(OCC)[P](=O)C1CCCCC1. The average molecular weight is 233 g/mol. The van der Waals surface area contributed by atoms with Crippen LogP contribution in [0.25, 0.3) is 0 Å². The Labute approximate surface area is 93.3 Å². The lowest BCUT2D eigenvalue weighted by Crippen LogP contribution is -2.19. The highest BCUT2D eigenvalue weighted by molar-refractivity contribution is 7.45. The molecule has 89 valence electrons. The van der Waals surface area contributed by atoms with Gasteiger partial charge in [0, 0.05) is 18.9 Å². The Kier molecular flexibility index (Phi) is 6.39. The molecule has 15 heavy (non-hydrogen) atoms. The van der Waals surface area contributed by atoms with E-state index in [1.165, 1.54) is 19.3 Å². The monoisotopic (exact) mass is 233 g/mol. The van der Waals surface area contributed by atoms with E-state index in [4.69, 9.17) is 9.47 Å². The fraction of sp³-hybridized carbons (Fsp3) is 1.00. The summed E-state index contributed by atoms with van der Waals surface area (Å²) in [7, 11) is -1.37. The van der Waals surface area contributed by atoms with Gasteiger partial charge in [-0.1, -0.05) is 19.3 Å². The molecule has 0 aromatic heterocycles. The van der Waals surface area contributed by atoms with Gasteiger partial charge in [-0.15, -0.1) is 0 Å². The minimum absolute atomic E-state index is 0.317. The number of ether oxygens (including phenoxy) is 2. The standard InChI is InChI=1S/C11H22O3P/c1-3-13-11(14-4-2)15(12)10-8-6-5-7-9-10/h10-11H,3-9H2,1-2H3. The summed E-state index contributed by atoms with van der Waals surface area (Å²) in [6.45, 7) is 4.96. The topological polar surface area (TPSA) is 35.5 Å². The molecule has 0 amide bonds. The normalized spacial score (nSPS) is 19.5. The van der Waals surface area contributed by atoms with Crippen LogP contribution in [-0.2, 0) is 14.0 Å². The van der Waals surface area contributed by atoms with Crippen LogP contribution in [0.3, 0.4) is 0 Å². The minimum atomic E-state index is -1.37. The Morgan fingerprint density at radius 1 is 1.13 bits per heavy atom. The number of rotatable bonds is 6. The van der Waals surface area contributed by atoms with Crippen molar-refractivity contribution in [2.75, 3.05) is 13.2 Å². The van der Waals surface area contributed by atoms with Gasteiger partial charge in [-0.3, -0.25) is 4.57 Å². The van der Waals surface area contributed by atoms with Crippen LogP contribution in [0.4, 0.5) is 0 Å². The third kappa shape index (κ3) is 4.18. The zero-order chi connectivity index (χ0) is 11.1. The molecule has 1 atom stereocenters. The molecular formula is C11H22O3P. The molecular weight excluding hydrogens is 211 g/mol. The van der Waals surface area contributed by atoms with Gasteiger partial charge in [0.15, 0.2) is 0 Å². The van der Waals surface area contributed by atoms with E-state index in [1.807, 2.05) is 13.8 Å². The van der Waals surface area contributed by atoms with Gasteiger partial charge in [-0.2, -0.15) is 0 Å². The molecule has 1 aliphatic carbocycles. The Bertz CT molecular complexity index is 184. The summed E-state index contributed by atoms with van der Waals surface area (Å²) in [5.74, 6) is 0. The first kappa shape index (κ1) is 13.1. The van der Waals surface area contributed by atoms with Crippen LogP contribution in [0.15, 0.2) is 0 Å². The van der Waals surface area contributed by atoms with Crippen LogP contribution in [0.2, 0.25) is 0 Å². The lowest BCUT2D eigenvalue weighted by Gasteiger charge is -2.25. The second-order valence-electron chi connectivity index (χ2n) is 3.87. The summed E-state index contributed by atoms with van der Waals surface area (Å²) in [6, 6.07) is -0.474. The van der Waals surface area contributed by atoms with Gasteiger partial charge < -0.3 is 9.47 Å². The third-order valence-electron chi connectivity index (χ3n) is 2.76. The van der Waals surface area contributed by atoms with Crippen molar-refractivity contribution in [3.63, 3.8) is 0 Å². The van der Waals surface area contributed by atoms with Gasteiger partial charge >= 0.3 is 0 Å². The Morgan fingerprint density at radius 3 is 2.13 bits per heavy atom. The number of hydrogen-bond acceptors (Lipinski definition) is 3. The lowest BCUT2D eigenvalue weighted by molar-refractivity contribution is -0.0803. The van der Waals surface area contributed by atoms with Gasteiger partial charge in [0.25, 0.3) is 0 Å². The first-order chi connectivity index (χ1) is 7.29. The van der Waals surface area contributed by atoms with Gasteiger partial charge in [-0.25, -0.2) is 0 Å². The summed E-state index contributed by atoms with van der Waals surface area (Å²) in [4.78, 5) is 0. The number of hydrogen-bond donors (Lipinski definition) is 0. The van der Waals surface area contributed by atoms with Crippen molar-refractivity contribution in [3.05, 3.63) is 0 Å². The predicted octanol–water partition coefficient (Wildman–Crippen LogP) is 3.50. The van der Waals surface area contributed by atoms with E-state index in [1.54, 1.807) is 0 Å². The first-order valence-electron chi connectivity index (χ1n) is 5.98. The largest absolute Gasteiger partial charge is 0.344 e. The minimum Gasteiger partial charge on any atom is -0.344 e. The molecule has 0 N–H and O–H groups in total. The molecule has 0 aromatic rings. The second kappa shape index (κ2) is 7.32. The predicted molar refractivity (Wildman–Crippen MR) is 61.5 cm³/mol. The van der Waals surface area contributed by atoms with Crippen LogP contribution >= 0.6 is 7.80 Å². The van der Waals surface area contributed by atoms with E-state index >= 15 is 0 Å². The van der Waals surface area contributed by atoms with Crippen molar-refractivity contribution < 1.29 is 14.0 Å². The lowest BCUT2D eigenvalue weighted by atomic mass is 10.0. The molecule has 1 radical (unpaired) electrons. The van der Waals surface area contributed by atoms with Crippen LogP contribution in [0.1, 0.15) is 46.0 Å². The highest BCUT2D eigenvalue weighted by atomic mass is 31.1. The van der Waals surface area contributed by atoms with E-state index in [-0.39, 0.29) is 0 Å². The molecule has 3 nitrogen and oxygen atoms in total. The van der Waals surface area contributed by atoms with Gasteiger partial charge in [-0.05, 0) is 26.7 Å². The van der Waals surface area contributed by atoms with E-state index in [9.17, 15) is 4.57 Å². The van der Waals surface area contributed by atoms with Crippen LogP contribution in [0, 0.1) is 0 Å². The molecule has 0 aliphatic heterocycles. The molecule has 1 saturated carbocycles. The summed E-state index contributed by atoms with van der Waals surface area (Å²) >= 11 is 0. The van der Waals surface area contributed by atoms with E-state index in [2.05, 4.69) is 0 Å². The molecule has 0 aromatic carbocycles. The van der Waals surface area contributed by atoms with Crippen LogP contribution < -0.4 is 0 Å². The van der Waals surface area contributed by atoms with E-state index < -0.39 is 13.8 Å². The Morgan fingerprint density at radius 2 is 1.67 bits per heavy atom. The maximum Gasteiger partial charge on any atom is 0.229 e. The zero-order valence-electron chi connectivity index (χ0n) is 9.78. The molecule has 1 unspecified atom stereocenters. The molecule has 4 heteroatoms. The summed E-state index contributed by atoms with van der Waals surface area (Å²) in [5.41, 5.74) is 0.317.